The molecule has 0 spiro atoms. The molecule has 3 rings (SSSR count). The lowest BCUT2D eigenvalue weighted by Gasteiger charge is -2.27. The van der Waals surface area contributed by atoms with E-state index in [1.165, 1.54) is 87.3 Å². The molecule has 194 valence electrons. The second-order valence-electron chi connectivity index (χ2n) is 9.95. The molecule has 2 aromatic carbocycles. The Hall–Kier alpha value is -1.13. The normalized spacial score (nSPS) is 18.0. The van der Waals surface area contributed by atoms with Crippen LogP contribution in [0.2, 0.25) is 0 Å². The number of rotatable bonds is 16. The van der Waals surface area contributed by atoms with Crippen LogP contribution in [0, 0.1) is 11.7 Å². The molecule has 0 bridgehead atoms. The molecule has 4 heteroatoms. The van der Waals surface area contributed by atoms with Crippen molar-refractivity contribution in [3.05, 3.63) is 53.8 Å². The van der Waals surface area contributed by atoms with Crippen LogP contribution in [-0.4, -0.2) is 22.7 Å². The van der Waals surface area contributed by atoms with Crippen LogP contribution in [0.4, 0.5) is 4.39 Å². The third kappa shape index (κ3) is 10.4. The van der Waals surface area contributed by atoms with Crippen LogP contribution in [-0.2, 0) is 6.42 Å². The number of thioether (sulfide) groups is 2. The van der Waals surface area contributed by atoms with Gasteiger partial charge in [-0.25, -0.2) is 4.39 Å². The molecule has 1 fully saturated rings. The molecule has 0 atom stereocenters. The molecule has 0 aliphatic carbocycles. The maximum absolute atomic E-state index is 14.8. The molecule has 0 aromatic heterocycles. The zero-order valence-corrected chi connectivity index (χ0v) is 23.5. The van der Waals surface area contributed by atoms with E-state index in [9.17, 15) is 4.39 Å². The minimum atomic E-state index is -0.206. The summed E-state index contributed by atoms with van der Waals surface area (Å²) >= 11 is 4.32. The highest BCUT2D eigenvalue weighted by Crippen LogP contribution is 2.38. The molecule has 1 aliphatic rings. The van der Waals surface area contributed by atoms with Crippen molar-refractivity contribution in [3.8, 4) is 16.9 Å². The van der Waals surface area contributed by atoms with Gasteiger partial charge in [0.25, 0.3) is 0 Å². The average molecular weight is 517 g/mol. The zero-order valence-electron chi connectivity index (χ0n) is 21.9. The van der Waals surface area contributed by atoms with Crippen LogP contribution >= 0.6 is 23.5 Å². The molecule has 1 aliphatic heterocycles. The molecule has 0 N–H and O–H groups in total. The van der Waals surface area contributed by atoms with Gasteiger partial charge in [0, 0.05) is 11.6 Å². The Bertz CT molecular complexity index is 830. The highest BCUT2D eigenvalue weighted by atomic mass is 32.2. The third-order valence-corrected chi connectivity index (χ3v) is 10.3. The summed E-state index contributed by atoms with van der Waals surface area (Å²) in [6.45, 7) is 5.19. The fraction of sp³-hybridized carbons (Fsp3) is 0.613. The summed E-state index contributed by atoms with van der Waals surface area (Å²) in [5.41, 5.74) is 2.93. The van der Waals surface area contributed by atoms with Crippen molar-refractivity contribution >= 4 is 23.5 Å². The number of ether oxygens (including phenoxy) is 1. The third-order valence-electron chi connectivity index (χ3n) is 6.89. The lowest BCUT2D eigenvalue weighted by atomic mass is 10.0. The maximum Gasteiger partial charge on any atom is 0.134 e. The zero-order chi connectivity index (χ0) is 24.7. The Kier molecular flexibility index (Phi) is 13.5. The maximum atomic E-state index is 14.8. The van der Waals surface area contributed by atoms with Crippen LogP contribution in [0.3, 0.4) is 0 Å². The van der Waals surface area contributed by atoms with E-state index < -0.39 is 0 Å². The van der Waals surface area contributed by atoms with Crippen LogP contribution < -0.4 is 4.74 Å². The summed E-state index contributed by atoms with van der Waals surface area (Å²) < 4.78 is 21.3. The highest BCUT2D eigenvalue weighted by molar-refractivity contribution is 8.17. The Morgan fingerprint density at radius 1 is 0.800 bits per heavy atom. The van der Waals surface area contributed by atoms with Crippen molar-refractivity contribution in [2.24, 2.45) is 5.92 Å². The molecule has 2 aromatic rings. The fourth-order valence-electron chi connectivity index (χ4n) is 4.61. The van der Waals surface area contributed by atoms with Crippen molar-refractivity contribution in [1.82, 2.24) is 0 Å². The first-order chi connectivity index (χ1) is 17.2. The van der Waals surface area contributed by atoms with Gasteiger partial charge < -0.3 is 4.74 Å². The lowest BCUT2D eigenvalue weighted by molar-refractivity contribution is 0.303. The first-order valence-electron chi connectivity index (χ1n) is 13.9. The van der Waals surface area contributed by atoms with Gasteiger partial charge in [0.1, 0.15) is 11.6 Å². The molecular formula is C31H45FOS2. The minimum absolute atomic E-state index is 0.206. The molecule has 1 heterocycles. The van der Waals surface area contributed by atoms with E-state index in [0.717, 1.165) is 28.9 Å². The second-order valence-corrected chi connectivity index (χ2v) is 12.7. The van der Waals surface area contributed by atoms with E-state index in [2.05, 4.69) is 61.6 Å². The van der Waals surface area contributed by atoms with Gasteiger partial charge in [-0.1, -0.05) is 89.5 Å². The Labute approximate surface area is 222 Å². The van der Waals surface area contributed by atoms with Crippen molar-refractivity contribution in [1.29, 1.82) is 0 Å². The van der Waals surface area contributed by atoms with E-state index in [4.69, 9.17) is 4.74 Å². The summed E-state index contributed by atoms with van der Waals surface area (Å²) in [6.07, 6.45) is 15.2. The molecule has 35 heavy (non-hydrogen) atoms. The Morgan fingerprint density at radius 2 is 1.49 bits per heavy atom. The molecule has 1 nitrogen and oxygen atoms in total. The van der Waals surface area contributed by atoms with Gasteiger partial charge >= 0.3 is 0 Å². The van der Waals surface area contributed by atoms with Crippen molar-refractivity contribution in [2.45, 2.75) is 95.5 Å². The van der Waals surface area contributed by atoms with Crippen LogP contribution in [0.15, 0.2) is 42.5 Å². The predicted molar refractivity (Wildman–Crippen MR) is 155 cm³/mol. The Morgan fingerprint density at radius 3 is 2.17 bits per heavy atom. The molecule has 0 radical (unpaired) electrons. The predicted octanol–water partition coefficient (Wildman–Crippen LogP) is 10.2. The van der Waals surface area contributed by atoms with Crippen LogP contribution in [0.25, 0.3) is 11.1 Å². The molecule has 0 amide bonds. The van der Waals surface area contributed by atoms with E-state index in [-0.39, 0.29) is 5.82 Å². The van der Waals surface area contributed by atoms with Gasteiger partial charge in [0.2, 0.25) is 0 Å². The van der Waals surface area contributed by atoms with E-state index in [1.54, 1.807) is 0 Å². The summed E-state index contributed by atoms with van der Waals surface area (Å²) in [7, 11) is 0. The smallest absolute Gasteiger partial charge is 0.134 e. The number of hydrogen-bond acceptors (Lipinski definition) is 3. The van der Waals surface area contributed by atoms with Gasteiger partial charge in [-0.15, -0.1) is 23.5 Å². The molecular weight excluding hydrogens is 471 g/mol. The average Bonchev–Trinajstić information content (AvgIpc) is 2.89. The van der Waals surface area contributed by atoms with Gasteiger partial charge in [0.05, 0.1) is 11.2 Å². The quantitative estimate of drug-likeness (QED) is 0.205. The first kappa shape index (κ1) is 28.4. The van der Waals surface area contributed by atoms with Crippen LogP contribution in [0.1, 0.15) is 90.0 Å². The van der Waals surface area contributed by atoms with Crippen molar-refractivity contribution in [2.75, 3.05) is 18.1 Å². The monoisotopic (exact) mass is 516 g/mol. The molecule has 1 saturated heterocycles. The number of aryl methyl sites for hydroxylation is 1. The molecule has 0 unspecified atom stereocenters. The standard InChI is InChI=1S/C31H45FOS2/c1-3-5-7-8-9-10-11-21-33-28-18-19-29(30(32)22-28)27-16-13-25(14-17-27)15-20-31-34-23-26(24-35-31)12-6-4-2/h13-14,16-19,22,26,31H,3-12,15,20-21,23-24H2,1-2H3. The number of unbranched alkanes of at least 4 members (excludes halogenated alkanes) is 7. The number of benzene rings is 2. The summed E-state index contributed by atoms with van der Waals surface area (Å²) in [4.78, 5) is 0. The van der Waals surface area contributed by atoms with E-state index in [0.29, 0.717) is 17.9 Å². The SMILES string of the molecule is CCCCCCCCCOc1ccc(-c2ccc(CCC3SCC(CCCC)CS3)cc2)c(F)c1. The van der Waals surface area contributed by atoms with Crippen molar-refractivity contribution in [3.63, 3.8) is 0 Å². The van der Waals surface area contributed by atoms with E-state index >= 15 is 0 Å². The molecule has 0 saturated carbocycles. The fourth-order valence-corrected chi connectivity index (χ4v) is 7.73. The lowest BCUT2D eigenvalue weighted by Crippen LogP contribution is -2.18. The number of hydrogen-bond donors (Lipinski definition) is 0. The topological polar surface area (TPSA) is 9.23 Å². The van der Waals surface area contributed by atoms with Gasteiger partial charge in [-0.2, -0.15) is 0 Å². The minimum Gasteiger partial charge on any atom is -0.493 e. The largest absolute Gasteiger partial charge is 0.493 e. The Balaban J connectivity index is 1.38. The summed E-state index contributed by atoms with van der Waals surface area (Å²) in [5, 5.41) is 0. The van der Waals surface area contributed by atoms with Crippen molar-refractivity contribution < 1.29 is 9.13 Å². The summed E-state index contributed by atoms with van der Waals surface area (Å²) in [5.74, 6) is 3.99. The summed E-state index contributed by atoms with van der Waals surface area (Å²) in [6, 6.07) is 13.8. The second kappa shape index (κ2) is 16.6. The van der Waals surface area contributed by atoms with Gasteiger partial charge in [-0.05, 0) is 66.4 Å². The highest BCUT2D eigenvalue weighted by Gasteiger charge is 2.21. The number of halogens is 1. The first-order valence-corrected chi connectivity index (χ1v) is 16.0. The van der Waals surface area contributed by atoms with Gasteiger partial charge in [-0.3, -0.25) is 0 Å². The van der Waals surface area contributed by atoms with E-state index in [1.807, 2.05) is 12.1 Å². The van der Waals surface area contributed by atoms with Crippen LogP contribution in [0.5, 0.6) is 5.75 Å². The van der Waals surface area contributed by atoms with Gasteiger partial charge in [0.15, 0.2) is 0 Å².